The average molecular weight is 515 g/mol. The molecule has 0 radical (unpaired) electrons. The molecule has 0 saturated heterocycles. The third kappa shape index (κ3) is 21.8. The van der Waals surface area contributed by atoms with E-state index in [0.717, 1.165) is 0 Å². The van der Waals surface area contributed by atoms with Crippen LogP contribution in [-0.4, -0.2) is 13.6 Å². The molecular weight excluding hydrogens is 446 g/mol. The molecule has 0 aromatic heterocycles. The van der Waals surface area contributed by atoms with Gasteiger partial charge in [0.2, 0.25) is 0 Å². The van der Waals surface area contributed by atoms with Crippen LogP contribution in [0.1, 0.15) is 180 Å². The summed E-state index contributed by atoms with van der Waals surface area (Å²) in [5.41, 5.74) is 3.00. The zero-order valence-corrected chi connectivity index (χ0v) is 25.9. The predicted molar refractivity (Wildman–Crippen MR) is 168 cm³/mol. The molecule has 0 bridgehead atoms. The molecule has 1 heteroatoms. The summed E-state index contributed by atoms with van der Waals surface area (Å²) in [4.78, 5) is 1.58. The van der Waals surface area contributed by atoms with Crippen LogP contribution in [0.25, 0.3) is 0 Å². The molecule has 0 aliphatic rings. The van der Waals surface area contributed by atoms with Crippen molar-refractivity contribution in [1.29, 1.82) is 0 Å². The number of nitrogens with one attached hydrogen (secondary N) is 1. The normalized spacial score (nSPS) is 12.3. The SMILES string of the molecule is CCCCCCCCCCCCCCCCCCc1ccc([NH+](C)CCCCCCCCCCC)cc1. The lowest BCUT2D eigenvalue weighted by Crippen LogP contribution is -3.03. The molecule has 1 aromatic carbocycles. The minimum atomic E-state index is 1.26. The first-order valence-corrected chi connectivity index (χ1v) is 17.2. The number of unbranched alkanes of at least 4 members (excludes halogenated alkanes) is 23. The Balaban J connectivity index is 1.91. The highest BCUT2D eigenvalue weighted by Gasteiger charge is 2.06. The van der Waals surface area contributed by atoms with Crippen LogP contribution in [0.15, 0.2) is 24.3 Å². The van der Waals surface area contributed by atoms with Gasteiger partial charge in [-0.3, -0.25) is 0 Å². The van der Waals surface area contributed by atoms with Gasteiger partial charge in [0.25, 0.3) is 0 Å². The molecule has 1 rings (SSSR count). The van der Waals surface area contributed by atoms with Crippen molar-refractivity contribution in [2.75, 3.05) is 13.6 Å². The molecule has 0 spiro atoms. The number of aryl methyl sites for hydroxylation is 1. The van der Waals surface area contributed by atoms with Gasteiger partial charge in [0.05, 0.1) is 13.6 Å². The first-order chi connectivity index (χ1) is 18.3. The summed E-state index contributed by atoms with van der Waals surface area (Å²) in [5.74, 6) is 0. The van der Waals surface area contributed by atoms with Gasteiger partial charge in [-0.1, -0.05) is 167 Å². The second-order valence-corrected chi connectivity index (χ2v) is 12.1. The number of quaternary nitrogens is 1. The van der Waals surface area contributed by atoms with Gasteiger partial charge in [0.1, 0.15) is 5.69 Å². The van der Waals surface area contributed by atoms with Crippen LogP contribution in [0.5, 0.6) is 0 Å². The van der Waals surface area contributed by atoms with Crippen LogP contribution < -0.4 is 4.90 Å². The summed E-state index contributed by atoms with van der Waals surface area (Å²) in [6.07, 6.45) is 37.2. The Hall–Kier alpha value is -0.820. The molecule has 1 N–H and O–H groups in total. The molecule has 0 aliphatic carbocycles. The van der Waals surface area contributed by atoms with E-state index in [1.807, 2.05) is 0 Å². The topological polar surface area (TPSA) is 4.44 Å². The maximum atomic E-state index is 2.39. The quantitative estimate of drug-likeness (QED) is 0.106. The van der Waals surface area contributed by atoms with Crippen molar-refractivity contribution in [1.82, 2.24) is 0 Å². The smallest absolute Gasteiger partial charge is 0.130 e. The van der Waals surface area contributed by atoms with E-state index in [1.54, 1.807) is 4.90 Å². The number of rotatable bonds is 28. The van der Waals surface area contributed by atoms with Gasteiger partial charge in [-0.25, -0.2) is 0 Å². The van der Waals surface area contributed by atoms with Gasteiger partial charge < -0.3 is 4.90 Å². The van der Waals surface area contributed by atoms with Crippen molar-refractivity contribution in [3.05, 3.63) is 29.8 Å². The minimum Gasteiger partial charge on any atom is -0.305 e. The average Bonchev–Trinajstić information content (AvgIpc) is 2.92. The highest BCUT2D eigenvalue weighted by atomic mass is 15.1. The molecule has 1 nitrogen and oxygen atoms in total. The molecule has 0 heterocycles. The maximum Gasteiger partial charge on any atom is 0.130 e. The molecule has 216 valence electrons. The summed E-state index contributed by atoms with van der Waals surface area (Å²) in [7, 11) is 2.34. The van der Waals surface area contributed by atoms with Crippen LogP contribution in [0.4, 0.5) is 5.69 Å². The Morgan fingerprint density at radius 3 is 1.11 bits per heavy atom. The Kier molecular flexibility index (Phi) is 24.8. The Labute approximate surface area is 234 Å². The third-order valence-electron chi connectivity index (χ3n) is 8.42. The molecular formula is C36H68N+. The van der Waals surface area contributed by atoms with Crippen LogP contribution >= 0.6 is 0 Å². The van der Waals surface area contributed by atoms with Crippen LogP contribution in [-0.2, 0) is 6.42 Å². The number of hydrogen-bond donors (Lipinski definition) is 1. The zero-order chi connectivity index (χ0) is 26.7. The second-order valence-electron chi connectivity index (χ2n) is 12.1. The molecule has 1 atom stereocenters. The third-order valence-corrected chi connectivity index (χ3v) is 8.42. The van der Waals surface area contributed by atoms with Gasteiger partial charge in [0, 0.05) is 0 Å². The van der Waals surface area contributed by atoms with Crippen molar-refractivity contribution >= 4 is 5.69 Å². The maximum absolute atomic E-state index is 2.39. The van der Waals surface area contributed by atoms with Crippen molar-refractivity contribution in [3.63, 3.8) is 0 Å². The largest absolute Gasteiger partial charge is 0.305 e. The van der Waals surface area contributed by atoms with E-state index >= 15 is 0 Å². The molecule has 0 amide bonds. The second kappa shape index (κ2) is 26.8. The fraction of sp³-hybridized carbons (Fsp3) is 0.833. The van der Waals surface area contributed by atoms with E-state index in [0.29, 0.717) is 0 Å². The van der Waals surface area contributed by atoms with Crippen molar-refractivity contribution < 1.29 is 4.90 Å². The van der Waals surface area contributed by atoms with E-state index in [1.165, 1.54) is 185 Å². The molecule has 0 saturated carbocycles. The van der Waals surface area contributed by atoms with Gasteiger partial charge in [-0.05, 0) is 43.4 Å². The minimum absolute atomic E-state index is 1.26. The molecule has 0 fully saturated rings. The highest BCUT2D eigenvalue weighted by molar-refractivity contribution is 5.32. The molecule has 37 heavy (non-hydrogen) atoms. The monoisotopic (exact) mass is 515 g/mol. The van der Waals surface area contributed by atoms with Gasteiger partial charge in [-0.2, -0.15) is 0 Å². The fourth-order valence-electron chi connectivity index (χ4n) is 5.68. The van der Waals surface area contributed by atoms with Crippen LogP contribution in [0, 0.1) is 0 Å². The molecule has 1 unspecified atom stereocenters. The van der Waals surface area contributed by atoms with E-state index in [2.05, 4.69) is 45.2 Å². The Morgan fingerprint density at radius 1 is 0.405 bits per heavy atom. The van der Waals surface area contributed by atoms with E-state index in [9.17, 15) is 0 Å². The zero-order valence-electron chi connectivity index (χ0n) is 25.9. The first-order valence-electron chi connectivity index (χ1n) is 17.2. The Morgan fingerprint density at radius 2 is 0.730 bits per heavy atom. The number of benzene rings is 1. The van der Waals surface area contributed by atoms with E-state index < -0.39 is 0 Å². The van der Waals surface area contributed by atoms with E-state index in [-0.39, 0.29) is 0 Å². The van der Waals surface area contributed by atoms with Gasteiger partial charge in [-0.15, -0.1) is 0 Å². The Bertz CT molecular complexity index is 563. The summed E-state index contributed by atoms with van der Waals surface area (Å²) >= 11 is 0. The summed E-state index contributed by atoms with van der Waals surface area (Å²) < 4.78 is 0. The standard InChI is InChI=1S/C36H67N/c1-4-6-8-10-12-14-15-16-17-18-19-20-21-23-25-27-29-35-30-32-36(33-31-35)37(3)34-28-26-24-22-13-11-9-7-5-2/h30-33H,4-29,34H2,1-3H3/p+1. The van der Waals surface area contributed by atoms with Crippen molar-refractivity contribution in [2.24, 2.45) is 0 Å². The lowest BCUT2D eigenvalue weighted by molar-refractivity contribution is -0.810. The van der Waals surface area contributed by atoms with Crippen molar-refractivity contribution in [3.8, 4) is 0 Å². The lowest BCUT2D eigenvalue weighted by atomic mass is 10.0. The summed E-state index contributed by atoms with van der Waals surface area (Å²) in [5, 5.41) is 0. The first kappa shape index (κ1) is 34.2. The molecule has 0 aliphatic heterocycles. The van der Waals surface area contributed by atoms with E-state index in [4.69, 9.17) is 0 Å². The lowest BCUT2D eigenvalue weighted by Gasteiger charge is -2.14. The van der Waals surface area contributed by atoms with Crippen molar-refractivity contribution in [2.45, 2.75) is 181 Å². The summed E-state index contributed by atoms with van der Waals surface area (Å²) in [6.45, 7) is 5.88. The highest BCUT2D eigenvalue weighted by Crippen LogP contribution is 2.15. The van der Waals surface area contributed by atoms with Gasteiger partial charge >= 0.3 is 0 Å². The number of hydrogen-bond acceptors (Lipinski definition) is 0. The van der Waals surface area contributed by atoms with Gasteiger partial charge in [0.15, 0.2) is 0 Å². The fourth-order valence-corrected chi connectivity index (χ4v) is 5.68. The summed E-state index contributed by atoms with van der Waals surface area (Å²) in [6, 6.07) is 9.54. The van der Waals surface area contributed by atoms with Crippen LogP contribution in [0.2, 0.25) is 0 Å². The van der Waals surface area contributed by atoms with Crippen LogP contribution in [0.3, 0.4) is 0 Å². The predicted octanol–water partition coefficient (Wildman–Crippen LogP) is 11.2. The molecule has 1 aromatic rings.